The molecule has 5 rings (SSSR count). The van der Waals surface area contributed by atoms with Gasteiger partial charge in [0.2, 0.25) is 5.43 Å². The first-order chi connectivity index (χ1) is 16.8. The largest absolute Gasteiger partial charge is 0.503 e. The Kier molecular flexibility index (Phi) is 7.29. The lowest BCUT2D eigenvalue weighted by Crippen LogP contribution is -2.60. The Hall–Kier alpha value is -3.54. The highest BCUT2D eigenvalue weighted by molar-refractivity contribution is 7.07. The summed E-state index contributed by atoms with van der Waals surface area (Å²) in [6, 6.07) is 8.20. The second-order valence-electron chi connectivity index (χ2n) is 8.29. The molecule has 2 aliphatic rings. The van der Waals surface area contributed by atoms with Crippen LogP contribution in [0, 0.1) is 5.82 Å². The van der Waals surface area contributed by atoms with Crippen molar-refractivity contribution < 1.29 is 24.2 Å². The van der Waals surface area contributed by atoms with Gasteiger partial charge in [0.15, 0.2) is 11.4 Å². The fourth-order valence-corrected chi connectivity index (χ4v) is 4.95. The highest BCUT2D eigenvalue weighted by Gasteiger charge is 2.40. The number of hydrogen-bond acceptors (Lipinski definition) is 7. The number of benzene rings is 1. The average molecular weight is 501 g/mol. The average Bonchev–Trinajstić information content (AvgIpc) is 3.36. The minimum Gasteiger partial charge on any atom is -0.503 e. The maximum absolute atomic E-state index is 12.9. The third-order valence-corrected chi connectivity index (χ3v) is 6.78. The van der Waals surface area contributed by atoms with Crippen LogP contribution < -0.4 is 11.2 Å². The van der Waals surface area contributed by atoms with Crippen LogP contribution in [0.25, 0.3) is 0 Å². The van der Waals surface area contributed by atoms with Crippen LogP contribution in [0.3, 0.4) is 0 Å². The normalized spacial score (nSPS) is 17.3. The molecule has 3 aromatic rings. The molecule has 184 valence electrons. The lowest BCUT2D eigenvalue weighted by molar-refractivity contribution is -0.0140. The van der Waals surface area contributed by atoms with E-state index in [1.807, 2.05) is 11.4 Å². The second kappa shape index (κ2) is 10.4. The molecular weight excluding hydrogens is 475 g/mol. The monoisotopic (exact) mass is 500 g/mol. The molecule has 9 nitrogen and oxygen atoms in total. The Morgan fingerprint density at radius 1 is 1.14 bits per heavy atom. The molecule has 4 N–H and O–H groups in total. The van der Waals surface area contributed by atoms with Crippen molar-refractivity contribution in [3.8, 4) is 5.75 Å². The van der Waals surface area contributed by atoms with Crippen molar-refractivity contribution in [2.45, 2.75) is 32.2 Å². The summed E-state index contributed by atoms with van der Waals surface area (Å²) in [6.07, 6.45) is 1.71. The highest BCUT2D eigenvalue weighted by Crippen LogP contribution is 2.29. The van der Waals surface area contributed by atoms with Gasteiger partial charge in [-0.3, -0.25) is 14.5 Å². The summed E-state index contributed by atoms with van der Waals surface area (Å²) in [5, 5.41) is 23.4. The minimum absolute atomic E-state index is 0.131. The van der Waals surface area contributed by atoms with Crippen molar-refractivity contribution in [1.29, 1.82) is 0 Å². The summed E-state index contributed by atoms with van der Waals surface area (Å²) >= 11 is 1.61. The number of aromatic hydroxyl groups is 1. The first-order valence-electron chi connectivity index (χ1n) is 11.0. The Labute approximate surface area is 204 Å². The number of amides is 1. The number of halogens is 1. The van der Waals surface area contributed by atoms with Crippen LogP contribution in [-0.2, 0) is 19.6 Å². The molecule has 11 heteroatoms. The lowest BCUT2D eigenvalue weighted by atomic mass is 10.1. The number of hydrogen-bond donors (Lipinski definition) is 3. The van der Waals surface area contributed by atoms with E-state index in [-0.39, 0.29) is 17.7 Å². The van der Waals surface area contributed by atoms with E-state index in [1.165, 1.54) is 16.7 Å². The van der Waals surface area contributed by atoms with Crippen LogP contribution in [0.5, 0.6) is 5.75 Å². The molecule has 0 bridgehead atoms. The second-order valence-corrected chi connectivity index (χ2v) is 9.07. The van der Waals surface area contributed by atoms with E-state index in [1.54, 1.807) is 28.4 Å². The molecular formula is C24H25FN4O5S. The predicted molar refractivity (Wildman–Crippen MR) is 128 cm³/mol. The molecule has 1 amide bonds. The summed E-state index contributed by atoms with van der Waals surface area (Å²) in [5.41, 5.74) is 5.70. The summed E-state index contributed by atoms with van der Waals surface area (Å²) in [7, 11) is 0. The fraction of sp³-hybridized carbons (Fsp3) is 0.292. The zero-order valence-electron chi connectivity index (χ0n) is 18.8. The number of carbonyl (C=O) groups excluding carboxylic acids is 1. The number of pyridine rings is 1. The highest BCUT2D eigenvalue weighted by atomic mass is 32.1. The fourth-order valence-electron chi connectivity index (χ4n) is 4.29. The Balaban J connectivity index is 0.000000271. The van der Waals surface area contributed by atoms with Gasteiger partial charge in [0.1, 0.15) is 17.5 Å². The van der Waals surface area contributed by atoms with Crippen molar-refractivity contribution in [3.05, 3.63) is 85.7 Å². The van der Waals surface area contributed by atoms with Crippen molar-refractivity contribution >= 4 is 23.2 Å². The van der Waals surface area contributed by atoms with Crippen molar-refractivity contribution in [1.82, 2.24) is 14.4 Å². The summed E-state index contributed by atoms with van der Waals surface area (Å²) in [5.74, 6) is -2.87. The lowest BCUT2D eigenvalue weighted by Gasteiger charge is -2.47. The van der Waals surface area contributed by atoms with E-state index in [9.17, 15) is 29.0 Å². The van der Waals surface area contributed by atoms with E-state index in [0.29, 0.717) is 26.2 Å². The Bertz CT molecular complexity index is 1280. The van der Waals surface area contributed by atoms with E-state index in [0.717, 1.165) is 30.3 Å². The first kappa shape index (κ1) is 24.6. The van der Waals surface area contributed by atoms with Crippen molar-refractivity contribution in [2.75, 3.05) is 13.1 Å². The molecule has 0 spiro atoms. The van der Waals surface area contributed by atoms with E-state index in [4.69, 9.17) is 5.73 Å². The zero-order valence-corrected chi connectivity index (χ0v) is 19.6. The van der Waals surface area contributed by atoms with E-state index in [2.05, 4.69) is 10.3 Å². The molecule has 0 radical (unpaired) electrons. The summed E-state index contributed by atoms with van der Waals surface area (Å²) in [6.45, 7) is 2.82. The number of aromatic nitrogens is 1. The van der Waals surface area contributed by atoms with E-state index < -0.39 is 28.6 Å². The zero-order chi connectivity index (χ0) is 25.1. The number of nitrogens with two attached hydrogens (primary N) is 1. The van der Waals surface area contributed by atoms with Crippen LogP contribution in [0.15, 0.2) is 52.1 Å². The molecule has 1 atom stereocenters. The van der Waals surface area contributed by atoms with Crippen LogP contribution in [-0.4, -0.2) is 55.7 Å². The first-order valence-corrected chi connectivity index (χ1v) is 11.9. The van der Waals surface area contributed by atoms with Gasteiger partial charge >= 0.3 is 5.97 Å². The standard InChI is InChI=1S/C17H17N3O5S.C7H8FN/c21-14-11(17(24)25)7-19-8-12-18(6-10-2-5-26-9-10)3-1-4-20(12)16(23)13(19)15(14)22;8-7-3-1-6(5-9)2-4-7/h2,5,7,9,12,22H,1,3-4,6,8H2,(H,24,25);1-4H,5,9H2. The predicted octanol–water partition coefficient (Wildman–Crippen LogP) is 2.29. The topological polar surface area (TPSA) is 129 Å². The van der Waals surface area contributed by atoms with Gasteiger partial charge in [-0.15, -0.1) is 0 Å². The quantitative estimate of drug-likeness (QED) is 0.501. The molecule has 2 aromatic heterocycles. The van der Waals surface area contributed by atoms with Crippen molar-refractivity contribution in [3.63, 3.8) is 0 Å². The molecule has 1 unspecified atom stereocenters. The number of fused-ring (bicyclic) bond motifs is 2. The van der Waals surface area contributed by atoms with Crippen molar-refractivity contribution in [2.24, 2.45) is 5.73 Å². The number of nitrogens with zero attached hydrogens (tertiary/aromatic N) is 3. The SMILES string of the molecule is NCc1ccc(F)cc1.O=C(O)c1cn2c(c(O)c1=O)C(=O)N1CCCN(Cc3ccsc3)C1C2. The molecule has 1 aromatic carbocycles. The van der Waals surface area contributed by atoms with Gasteiger partial charge < -0.3 is 25.4 Å². The Morgan fingerprint density at radius 3 is 2.51 bits per heavy atom. The number of carboxylic acids is 1. The van der Waals surface area contributed by atoms with Gasteiger partial charge in [-0.2, -0.15) is 11.3 Å². The third-order valence-electron chi connectivity index (χ3n) is 6.05. The van der Waals surface area contributed by atoms with Crippen LogP contribution in [0.1, 0.15) is 38.4 Å². The van der Waals surface area contributed by atoms with Gasteiger partial charge in [0.25, 0.3) is 5.91 Å². The smallest absolute Gasteiger partial charge is 0.341 e. The Morgan fingerprint density at radius 2 is 1.89 bits per heavy atom. The molecule has 1 fully saturated rings. The number of carboxylic acid groups (broad SMARTS) is 1. The summed E-state index contributed by atoms with van der Waals surface area (Å²) in [4.78, 5) is 40.0. The summed E-state index contributed by atoms with van der Waals surface area (Å²) < 4.78 is 13.6. The molecule has 2 aliphatic heterocycles. The van der Waals surface area contributed by atoms with E-state index >= 15 is 0 Å². The van der Waals surface area contributed by atoms with Crippen LogP contribution in [0.2, 0.25) is 0 Å². The maximum atomic E-state index is 12.9. The van der Waals surface area contributed by atoms with Crippen LogP contribution >= 0.6 is 11.3 Å². The van der Waals surface area contributed by atoms with Gasteiger partial charge in [-0.05, 0) is 46.5 Å². The number of aromatic carboxylic acids is 1. The number of thiophene rings is 1. The number of rotatable bonds is 4. The molecule has 1 saturated heterocycles. The molecule has 4 heterocycles. The van der Waals surface area contributed by atoms with Gasteiger partial charge in [-0.25, -0.2) is 9.18 Å². The molecule has 0 saturated carbocycles. The van der Waals surface area contributed by atoms with Gasteiger partial charge in [0.05, 0.1) is 6.54 Å². The molecule has 35 heavy (non-hydrogen) atoms. The minimum atomic E-state index is -1.42. The van der Waals surface area contributed by atoms with Gasteiger partial charge in [-0.1, -0.05) is 12.1 Å². The maximum Gasteiger partial charge on any atom is 0.341 e. The van der Waals surface area contributed by atoms with Gasteiger partial charge in [0, 0.05) is 32.4 Å². The number of carbonyl (C=O) groups is 2. The third kappa shape index (κ3) is 5.11. The molecule has 0 aliphatic carbocycles. The van der Waals surface area contributed by atoms with Crippen LogP contribution in [0.4, 0.5) is 4.39 Å².